The molecule has 2 aromatic rings. The second-order valence-electron chi connectivity index (χ2n) is 4.79. The van der Waals surface area contributed by atoms with Gasteiger partial charge in [-0.15, -0.1) is 0 Å². The Balaban J connectivity index is 1.82. The molecule has 0 radical (unpaired) electrons. The van der Waals surface area contributed by atoms with Gasteiger partial charge in [-0.25, -0.2) is 0 Å². The Morgan fingerprint density at radius 3 is 2.05 bits per heavy atom. The number of carbonyl (C=O) groups excluding carboxylic acids is 1. The summed E-state index contributed by atoms with van der Waals surface area (Å²) in [4.78, 5) is 11.2. The van der Waals surface area contributed by atoms with Crippen molar-refractivity contribution in [1.82, 2.24) is 5.32 Å². The summed E-state index contributed by atoms with van der Waals surface area (Å²) in [6.45, 7) is 0. The van der Waals surface area contributed by atoms with Crippen molar-refractivity contribution in [2.75, 3.05) is 0 Å². The average Bonchev–Trinajstić information content (AvgIpc) is 2.87. The molecule has 1 N–H and O–H groups in total. The van der Waals surface area contributed by atoms with Crippen molar-refractivity contribution in [3.8, 4) is 11.1 Å². The normalized spacial score (nSPS) is 18.4. The van der Waals surface area contributed by atoms with Crippen molar-refractivity contribution in [1.29, 1.82) is 0 Å². The maximum atomic E-state index is 11.2. The van der Waals surface area contributed by atoms with Gasteiger partial charge in [-0.05, 0) is 35.2 Å². The summed E-state index contributed by atoms with van der Waals surface area (Å²) < 4.78 is 1.08. The number of amides is 1. The Labute approximate surface area is 121 Å². The van der Waals surface area contributed by atoms with Crippen LogP contribution in [-0.4, -0.2) is 5.91 Å². The average molecular weight is 316 g/mol. The molecule has 1 heterocycles. The lowest BCUT2D eigenvalue weighted by atomic mass is 10.00. The Morgan fingerprint density at radius 2 is 1.53 bits per heavy atom. The number of benzene rings is 2. The van der Waals surface area contributed by atoms with E-state index >= 15 is 0 Å². The molecule has 0 bridgehead atoms. The minimum absolute atomic E-state index is 0.155. The van der Waals surface area contributed by atoms with Gasteiger partial charge in [0.15, 0.2) is 0 Å². The van der Waals surface area contributed by atoms with Crippen LogP contribution in [0.2, 0.25) is 0 Å². The van der Waals surface area contributed by atoms with Crippen LogP contribution in [0, 0.1) is 0 Å². The van der Waals surface area contributed by atoms with Gasteiger partial charge in [-0.2, -0.15) is 0 Å². The topological polar surface area (TPSA) is 29.1 Å². The van der Waals surface area contributed by atoms with E-state index in [0.29, 0.717) is 6.42 Å². The lowest BCUT2D eigenvalue weighted by molar-refractivity contribution is -0.119. The molecule has 3 rings (SSSR count). The fourth-order valence-corrected chi connectivity index (χ4v) is 2.68. The Morgan fingerprint density at radius 1 is 0.947 bits per heavy atom. The largest absolute Gasteiger partial charge is 0.349 e. The fourth-order valence-electron chi connectivity index (χ4n) is 2.41. The van der Waals surface area contributed by atoms with Crippen molar-refractivity contribution in [2.24, 2.45) is 0 Å². The van der Waals surface area contributed by atoms with E-state index in [1.807, 2.05) is 12.1 Å². The first kappa shape index (κ1) is 12.4. The second kappa shape index (κ2) is 5.17. The van der Waals surface area contributed by atoms with Crippen LogP contribution in [0.4, 0.5) is 0 Å². The molecule has 1 amide bonds. The minimum atomic E-state index is 0.155. The van der Waals surface area contributed by atoms with Crippen molar-refractivity contribution in [2.45, 2.75) is 18.9 Å². The highest BCUT2D eigenvalue weighted by atomic mass is 79.9. The molecule has 0 saturated carbocycles. The third kappa shape index (κ3) is 2.71. The number of carbonyl (C=O) groups is 1. The zero-order valence-corrected chi connectivity index (χ0v) is 12.0. The van der Waals surface area contributed by atoms with Crippen molar-refractivity contribution in [3.63, 3.8) is 0 Å². The molecule has 1 unspecified atom stereocenters. The van der Waals surface area contributed by atoms with Gasteiger partial charge in [-0.3, -0.25) is 4.79 Å². The van der Waals surface area contributed by atoms with Crippen LogP contribution in [0.25, 0.3) is 11.1 Å². The Bertz CT molecular complexity index is 589. The van der Waals surface area contributed by atoms with E-state index in [2.05, 4.69) is 57.6 Å². The van der Waals surface area contributed by atoms with Crippen LogP contribution < -0.4 is 5.32 Å². The van der Waals surface area contributed by atoms with E-state index in [1.54, 1.807) is 0 Å². The Kier molecular flexibility index (Phi) is 3.38. The van der Waals surface area contributed by atoms with E-state index in [0.717, 1.165) is 10.9 Å². The van der Waals surface area contributed by atoms with Gasteiger partial charge in [0.2, 0.25) is 5.91 Å². The van der Waals surface area contributed by atoms with Crippen LogP contribution in [0.3, 0.4) is 0 Å². The van der Waals surface area contributed by atoms with Gasteiger partial charge in [0.25, 0.3) is 0 Å². The molecule has 0 aliphatic carbocycles. The van der Waals surface area contributed by atoms with Gasteiger partial charge < -0.3 is 5.32 Å². The molecule has 0 spiro atoms. The molecular formula is C16H14BrNO. The van der Waals surface area contributed by atoms with Gasteiger partial charge in [0.05, 0.1) is 6.04 Å². The van der Waals surface area contributed by atoms with Crippen LogP contribution in [0.15, 0.2) is 53.0 Å². The van der Waals surface area contributed by atoms with Gasteiger partial charge >= 0.3 is 0 Å². The number of halogens is 1. The summed E-state index contributed by atoms with van der Waals surface area (Å²) in [5.41, 5.74) is 3.58. The monoisotopic (exact) mass is 315 g/mol. The predicted octanol–water partition coefficient (Wildman–Crippen LogP) is 4.07. The summed E-state index contributed by atoms with van der Waals surface area (Å²) in [6.07, 6.45) is 1.54. The van der Waals surface area contributed by atoms with E-state index in [-0.39, 0.29) is 11.9 Å². The second-order valence-corrected chi connectivity index (χ2v) is 5.70. The SMILES string of the molecule is O=C1CCC(c2ccc(-c3ccc(Br)cc3)cc2)N1. The molecule has 2 aromatic carbocycles. The Hall–Kier alpha value is -1.61. The van der Waals surface area contributed by atoms with E-state index in [9.17, 15) is 4.79 Å². The van der Waals surface area contributed by atoms with Gasteiger partial charge in [-0.1, -0.05) is 52.3 Å². The van der Waals surface area contributed by atoms with E-state index in [1.165, 1.54) is 16.7 Å². The maximum absolute atomic E-state index is 11.2. The minimum Gasteiger partial charge on any atom is -0.349 e. The van der Waals surface area contributed by atoms with E-state index < -0.39 is 0 Å². The summed E-state index contributed by atoms with van der Waals surface area (Å²) >= 11 is 3.44. The predicted molar refractivity (Wildman–Crippen MR) is 79.7 cm³/mol. The smallest absolute Gasteiger partial charge is 0.220 e. The zero-order chi connectivity index (χ0) is 13.2. The highest BCUT2D eigenvalue weighted by Crippen LogP contribution is 2.27. The zero-order valence-electron chi connectivity index (χ0n) is 10.4. The number of hydrogen-bond donors (Lipinski definition) is 1. The van der Waals surface area contributed by atoms with Crippen molar-refractivity contribution < 1.29 is 4.79 Å². The molecule has 2 nitrogen and oxygen atoms in total. The standard InChI is InChI=1S/C16H14BrNO/c17-14-7-5-12(6-8-14)11-1-3-13(4-2-11)15-9-10-16(19)18-15/h1-8,15H,9-10H2,(H,18,19). The van der Waals surface area contributed by atoms with Crippen LogP contribution in [-0.2, 0) is 4.79 Å². The maximum Gasteiger partial charge on any atom is 0.220 e. The fraction of sp³-hybridized carbons (Fsp3) is 0.188. The third-order valence-corrected chi connectivity index (χ3v) is 4.01. The first-order valence-electron chi connectivity index (χ1n) is 6.37. The van der Waals surface area contributed by atoms with Crippen LogP contribution in [0.5, 0.6) is 0 Å². The van der Waals surface area contributed by atoms with Gasteiger partial charge in [0.1, 0.15) is 0 Å². The summed E-state index contributed by atoms with van der Waals surface area (Å²) in [6, 6.07) is 16.9. The molecule has 1 aliphatic rings. The highest BCUT2D eigenvalue weighted by molar-refractivity contribution is 9.10. The van der Waals surface area contributed by atoms with Crippen LogP contribution >= 0.6 is 15.9 Å². The van der Waals surface area contributed by atoms with Crippen molar-refractivity contribution >= 4 is 21.8 Å². The third-order valence-electron chi connectivity index (χ3n) is 3.49. The molecule has 96 valence electrons. The first-order valence-corrected chi connectivity index (χ1v) is 7.17. The number of hydrogen-bond acceptors (Lipinski definition) is 1. The van der Waals surface area contributed by atoms with Crippen molar-refractivity contribution in [3.05, 3.63) is 58.6 Å². The molecule has 1 saturated heterocycles. The molecule has 0 aromatic heterocycles. The lowest BCUT2D eigenvalue weighted by Crippen LogP contribution is -2.18. The molecule has 19 heavy (non-hydrogen) atoms. The number of rotatable bonds is 2. The summed E-state index contributed by atoms with van der Waals surface area (Å²) in [7, 11) is 0. The molecule has 3 heteroatoms. The first-order chi connectivity index (χ1) is 9.22. The molecule has 1 fully saturated rings. The molecule has 1 atom stereocenters. The summed E-state index contributed by atoms with van der Waals surface area (Å²) in [5, 5.41) is 2.99. The van der Waals surface area contributed by atoms with Gasteiger partial charge in [0, 0.05) is 10.9 Å². The highest BCUT2D eigenvalue weighted by Gasteiger charge is 2.21. The lowest BCUT2D eigenvalue weighted by Gasteiger charge is -2.11. The molecular weight excluding hydrogens is 302 g/mol. The summed E-state index contributed by atoms with van der Waals surface area (Å²) in [5.74, 6) is 0.155. The van der Waals surface area contributed by atoms with Crippen LogP contribution in [0.1, 0.15) is 24.4 Å². The quantitative estimate of drug-likeness (QED) is 0.889. The number of nitrogens with one attached hydrogen (secondary N) is 1. The van der Waals surface area contributed by atoms with E-state index in [4.69, 9.17) is 0 Å². The molecule has 1 aliphatic heterocycles.